The minimum absolute atomic E-state index is 0.00135. The first-order chi connectivity index (χ1) is 8.65. The molecule has 0 aromatic carbocycles. The molecule has 18 heavy (non-hydrogen) atoms. The lowest BCUT2D eigenvalue weighted by molar-refractivity contribution is 0.0729. The van der Waals surface area contributed by atoms with Crippen LogP contribution in [0.15, 0.2) is 17.5 Å². The number of aryl methyl sites for hydroxylation is 1. The first kappa shape index (κ1) is 12.6. The number of carbonyl (C=O) groups is 1. The maximum Gasteiger partial charge on any atom is 0.257 e. The molecule has 6 heteroatoms. The molecule has 98 valence electrons. The molecule has 1 aliphatic rings. The number of amides is 1. The van der Waals surface area contributed by atoms with Crippen LogP contribution in [0.25, 0.3) is 0 Å². The molecule has 1 N–H and O–H groups in total. The van der Waals surface area contributed by atoms with Crippen molar-refractivity contribution in [2.75, 3.05) is 13.1 Å². The number of hydrogen-bond acceptors (Lipinski definition) is 4. The fraction of sp³-hybridized carbons (Fsp3) is 0.583. The maximum atomic E-state index is 12.2. The van der Waals surface area contributed by atoms with Gasteiger partial charge < -0.3 is 10.1 Å². The standard InChI is InChI=1S/C12H18N4O2/c1-3-9-8-16(5-4-11(9)14-18)12(17)10-6-13-15(2)7-10/h6-7,9,18H,3-5,8H2,1-2H3. The van der Waals surface area contributed by atoms with Gasteiger partial charge in [-0.15, -0.1) is 0 Å². The lowest BCUT2D eigenvalue weighted by atomic mass is 9.93. The summed E-state index contributed by atoms with van der Waals surface area (Å²) in [5.41, 5.74) is 1.41. The summed E-state index contributed by atoms with van der Waals surface area (Å²) in [6, 6.07) is 0. The normalized spacial score (nSPS) is 22.4. The van der Waals surface area contributed by atoms with Gasteiger partial charge in [0.1, 0.15) is 0 Å². The first-order valence-electron chi connectivity index (χ1n) is 6.14. The second-order valence-corrected chi connectivity index (χ2v) is 4.60. The van der Waals surface area contributed by atoms with Crippen LogP contribution in [0.5, 0.6) is 0 Å². The topological polar surface area (TPSA) is 70.7 Å². The van der Waals surface area contributed by atoms with Gasteiger partial charge in [0.05, 0.1) is 17.5 Å². The van der Waals surface area contributed by atoms with Crippen LogP contribution >= 0.6 is 0 Å². The fourth-order valence-electron chi connectivity index (χ4n) is 2.31. The number of rotatable bonds is 2. The van der Waals surface area contributed by atoms with E-state index >= 15 is 0 Å². The van der Waals surface area contributed by atoms with E-state index < -0.39 is 0 Å². The third-order valence-corrected chi connectivity index (χ3v) is 3.41. The molecule has 1 fully saturated rings. The number of nitrogens with zero attached hydrogens (tertiary/aromatic N) is 4. The van der Waals surface area contributed by atoms with Crippen molar-refractivity contribution in [2.24, 2.45) is 18.1 Å². The SMILES string of the molecule is CCC1CN(C(=O)c2cnn(C)c2)CCC1=NO. The second kappa shape index (κ2) is 5.20. The van der Waals surface area contributed by atoms with Gasteiger partial charge in [-0.3, -0.25) is 9.48 Å². The van der Waals surface area contributed by atoms with Gasteiger partial charge in [-0.2, -0.15) is 5.10 Å². The number of piperidine rings is 1. The molecule has 1 unspecified atom stereocenters. The summed E-state index contributed by atoms with van der Waals surface area (Å²) < 4.78 is 1.62. The quantitative estimate of drug-likeness (QED) is 0.631. The van der Waals surface area contributed by atoms with Crippen molar-refractivity contribution < 1.29 is 10.0 Å². The van der Waals surface area contributed by atoms with Gasteiger partial charge in [-0.05, 0) is 6.42 Å². The van der Waals surface area contributed by atoms with E-state index in [9.17, 15) is 4.79 Å². The molecule has 1 atom stereocenters. The Morgan fingerprint density at radius 3 is 3.00 bits per heavy atom. The van der Waals surface area contributed by atoms with E-state index in [4.69, 9.17) is 5.21 Å². The van der Waals surface area contributed by atoms with Gasteiger partial charge in [-0.25, -0.2) is 0 Å². The Morgan fingerprint density at radius 2 is 2.44 bits per heavy atom. The van der Waals surface area contributed by atoms with Crippen LogP contribution < -0.4 is 0 Å². The Hall–Kier alpha value is -1.85. The Bertz CT molecular complexity index is 466. The minimum atomic E-state index is -0.00135. The third kappa shape index (κ3) is 2.37. The van der Waals surface area contributed by atoms with Gasteiger partial charge in [-0.1, -0.05) is 12.1 Å². The highest BCUT2D eigenvalue weighted by molar-refractivity contribution is 5.96. The van der Waals surface area contributed by atoms with E-state index in [2.05, 4.69) is 10.3 Å². The molecule has 0 aliphatic carbocycles. The van der Waals surface area contributed by atoms with E-state index in [-0.39, 0.29) is 11.8 Å². The molecule has 0 radical (unpaired) electrons. The monoisotopic (exact) mass is 250 g/mol. The van der Waals surface area contributed by atoms with E-state index in [1.165, 1.54) is 0 Å². The molecule has 1 aromatic heterocycles. The molecule has 6 nitrogen and oxygen atoms in total. The fourth-order valence-corrected chi connectivity index (χ4v) is 2.31. The smallest absolute Gasteiger partial charge is 0.257 e. The molecule has 2 rings (SSSR count). The predicted molar refractivity (Wildman–Crippen MR) is 66.7 cm³/mol. The van der Waals surface area contributed by atoms with E-state index in [1.54, 1.807) is 29.0 Å². The number of oxime groups is 1. The van der Waals surface area contributed by atoms with E-state index in [1.807, 2.05) is 6.92 Å². The number of aromatic nitrogens is 2. The molecule has 1 amide bonds. The van der Waals surface area contributed by atoms with E-state index in [0.717, 1.165) is 12.1 Å². The van der Waals surface area contributed by atoms with Crippen molar-refractivity contribution in [1.29, 1.82) is 0 Å². The van der Waals surface area contributed by atoms with E-state index in [0.29, 0.717) is 25.1 Å². The number of likely N-dealkylation sites (tertiary alicyclic amines) is 1. The maximum absolute atomic E-state index is 12.2. The third-order valence-electron chi connectivity index (χ3n) is 3.41. The molecule has 2 heterocycles. The Labute approximate surface area is 106 Å². The Balaban J connectivity index is 2.09. The van der Waals surface area contributed by atoms with Crippen LogP contribution in [0.1, 0.15) is 30.1 Å². The van der Waals surface area contributed by atoms with Gasteiger partial charge >= 0.3 is 0 Å². The van der Waals surface area contributed by atoms with Gasteiger partial charge in [0.25, 0.3) is 5.91 Å². The van der Waals surface area contributed by atoms with Gasteiger partial charge in [0, 0.05) is 38.7 Å². The number of carbonyl (C=O) groups excluding carboxylic acids is 1. The molecule has 0 bridgehead atoms. The molecule has 1 aromatic rings. The Morgan fingerprint density at radius 1 is 1.67 bits per heavy atom. The molecule has 0 saturated carbocycles. The average Bonchev–Trinajstić information content (AvgIpc) is 2.83. The summed E-state index contributed by atoms with van der Waals surface area (Å²) in [6.45, 7) is 3.25. The zero-order valence-corrected chi connectivity index (χ0v) is 10.7. The summed E-state index contributed by atoms with van der Waals surface area (Å²) in [5.74, 6) is 0.155. The number of hydrogen-bond donors (Lipinski definition) is 1. The highest BCUT2D eigenvalue weighted by Crippen LogP contribution is 2.19. The zero-order valence-electron chi connectivity index (χ0n) is 10.7. The van der Waals surface area contributed by atoms with Crippen molar-refractivity contribution in [3.05, 3.63) is 18.0 Å². The highest BCUT2D eigenvalue weighted by atomic mass is 16.4. The summed E-state index contributed by atoms with van der Waals surface area (Å²) in [5, 5.41) is 16.2. The molecular formula is C12H18N4O2. The highest BCUT2D eigenvalue weighted by Gasteiger charge is 2.28. The van der Waals surface area contributed by atoms with Crippen molar-refractivity contribution >= 4 is 11.6 Å². The second-order valence-electron chi connectivity index (χ2n) is 4.60. The summed E-state index contributed by atoms with van der Waals surface area (Å²) in [7, 11) is 1.79. The predicted octanol–water partition coefficient (Wildman–Crippen LogP) is 1.12. The minimum Gasteiger partial charge on any atom is -0.411 e. The molecular weight excluding hydrogens is 232 g/mol. The molecule has 1 aliphatic heterocycles. The zero-order chi connectivity index (χ0) is 13.1. The lowest BCUT2D eigenvalue weighted by Crippen LogP contribution is -2.44. The van der Waals surface area contributed by atoms with Crippen molar-refractivity contribution in [3.8, 4) is 0 Å². The summed E-state index contributed by atoms with van der Waals surface area (Å²) in [6.07, 6.45) is 4.81. The molecule has 0 spiro atoms. The largest absolute Gasteiger partial charge is 0.411 e. The van der Waals surface area contributed by atoms with Gasteiger partial charge in [0.2, 0.25) is 0 Å². The summed E-state index contributed by atoms with van der Waals surface area (Å²) in [4.78, 5) is 14.0. The van der Waals surface area contributed by atoms with Crippen LogP contribution in [0.3, 0.4) is 0 Å². The lowest BCUT2D eigenvalue weighted by Gasteiger charge is -2.32. The average molecular weight is 250 g/mol. The van der Waals surface area contributed by atoms with Crippen molar-refractivity contribution in [1.82, 2.24) is 14.7 Å². The van der Waals surface area contributed by atoms with Crippen LogP contribution in [0, 0.1) is 5.92 Å². The van der Waals surface area contributed by atoms with Crippen LogP contribution in [0.2, 0.25) is 0 Å². The molecule has 1 saturated heterocycles. The van der Waals surface area contributed by atoms with Crippen LogP contribution in [-0.4, -0.2) is 44.6 Å². The van der Waals surface area contributed by atoms with Crippen molar-refractivity contribution in [3.63, 3.8) is 0 Å². The van der Waals surface area contributed by atoms with Crippen LogP contribution in [0.4, 0.5) is 0 Å². The van der Waals surface area contributed by atoms with Crippen molar-refractivity contribution in [2.45, 2.75) is 19.8 Å². The first-order valence-corrected chi connectivity index (χ1v) is 6.14. The van der Waals surface area contributed by atoms with Crippen LogP contribution in [-0.2, 0) is 7.05 Å². The van der Waals surface area contributed by atoms with Gasteiger partial charge in [0.15, 0.2) is 0 Å². The Kier molecular flexibility index (Phi) is 3.64. The summed E-state index contributed by atoms with van der Waals surface area (Å²) >= 11 is 0.